The van der Waals surface area contributed by atoms with E-state index in [1.54, 1.807) is 42.7 Å². The standard InChI is InChI=1S/C12H12BrN3O2S/c13-11-2-1-3-12(15-11)16-19(17,18)9-6-10-4-7-14-8-5-10/h1-5,7-8H,6,9H2,(H,15,16). The fourth-order valence-corrected chi connectivity index (χ4v) is 2.86. The van der Waals surface area contributed by atoms with Crippen molar-refractivity contribution < 1.29 is 8.42 Å². The number of rotatable bonds is 5. The van der Waals surface area contributed by atoms with E-state index in [1.807, 2.05) is 0 Å². The van der Waals surface area contributed by atoms with Crippen molar-refractivity contribution in [2.45, 2.75) is 6.42 Å². The summed E-state index contributed by atoms with van der Waals surface area (Å²) in [4.78, 5) is 7.92. The third-order valence-electron chi connectivity index (χ3n) is 2.38. The highest BCUT2D eigenvalue weighted by molar-refractivity contribution is 9.10. The molecule has 0 aliphatic rings. The summed E-state index contributed by atoms with van der Waals surface area (Å²) in [6, 6.07) is 8.65. The molecule has 5 nitrogen and oxygen atoms in total. The van der Waals surface area contributed by atoms with Gasteiger partial charge in [0, 0.05) is 12.4 Å². The molecule has 0 bridgehead atoms. The molecule has 2 aromatic rings. The summed E-state index contributed by atoms with van der Waals surface area (Å²) in [5, 5.41) is 0. The lowest BCUT2D eigenvalue weighted by Gasteiger charge is -2.07. The van der Waals surface area contributed by atoms with Crippen LogP contribution in [-0.2, 0) is 16.4 Å². The van der Waals surface area contributed by atoms with E-state index in [2.05, 4.69) is 30.6 Å². The average Bonchev–Trinajstić information content (AvgIpc) is 2.37. The van der Waals surface area contributed by atoms with Gasteiger partial charge >= 0.3 is 0 Å². The second kappa shape index (κ2) is 6.12. The Balaban J connectivity index is 1.99. The molecule has 0 fully saturated rings. The highest BCUT2D eigenvalue weighted by atomic mass is 79.9. The Bertz CT molecular complexity index is 647. The van der Waals surface area contributed by atoms with Crippen LogP contribution in [0.2, 0.25) is 0 Å². The van der Waals surface area contributed by atoms with Gasteiger partial charge in [-0.15, -0.1) is 0 Å². The van der Waals surface area contributed by atoms with Crippen molar-refractivity contribution in [1.29, 1.82) is 0 Å². The topological polar surface area (TPSA) is 72.0 Å². The Kier molecular flexibility index (Phi) is 4.49. The first-order valence-electron chi connectivity index (χ1n) is 5.57. The molecular weight excluding hydrogens is 330 g/mol. The van der Waals surface area contributed by atoms with Crippen LogP contribution in [0.25, 0.3) is 0 Å². The molecule has 0 saturated heterocycles. The largest absolute Gasteiger partial charge is 0.267 e. The highest BCUT2D eigenvalue weighted by Crippen LogP contribution is 2.12. The summed E-state index contributed by atoms with van der Waals surface area (Å²) < 4.78 is 26.8. The minimum Gasteiger partial charge on any atom is -0.267 e. The molecule has 2 aromatic heterocycles. The maximum Gasteiger partial charge on any atom is 0.234 e. The molecule has 0 atom stereocenters. The summed E-state index contributed by atoms with van der Waals surface area (Å²) in [5.41, 5.74) is 0.933. The van der Waals surface area contributed by atoms with Crippen molar-refractivity contribution in [3.63, 3.8) is 0 Å². The van der Waals surface area contributed by atoms with Crippen molar-refractivity contribution in [2.75, 3.05) is 10.5 Å². The molecule has 2 rings (SSSR count). The van der Waals surface area contributed by atoms with Gasteiger partial charge in [0.15, 0.2) is 0 Å². The van der Waals surface area contributed by atoms with Gasteiger partial charge in [0.05, 0.1) is 5.75 Å². The number of hydrogen-bond acceptors (Lipinski definition) is 4. The Morgan fingerprint density at radius 3 is 2.58 bits per heavy atom. The lowest BCUT2D eigenvalue weighted by atomic mass is 10.2. The predicted molar refractivity (Wildman–Crippen MR) is 77.3 cm³/mol. The van der Waals surface area contributed by atoms with Crippen LogP contribution in [0.4, 0.5) is 5.82 Å². The van der Waals surface area contributed by atoms with Crippen molar-refractivity contribution >= 4 is 31.8 Å². The first kappa shape index (κ1) is 14.0. The lowest BCUT2D eigenvalue weighted by Crippen LogP contribution is -2.18. The summed E-state index contributed by atoms with van der Waals surface area (Å²) >= 11 is 3.19. The molecule has 0 amide bonds. The predicted octanol–water partition coefficient (Wildman–Crippen LogP) is 2.22. The van der Waals surface area contributed by atoms with E-state index in [9.17, 15) is 8.42 Å². The van der Waals surface area contributed by atoms with Crippen molar-refractivity contribution in [1.82, 2.24) is 9.97 Å². The third kappa shape index (κ3) is 4.60. The number of sulfonamides is 1. The van der Waals surface area contributed by atoms with E-state index in [4.69, 9.17) is 0 Å². The molecule has 2 heterocycles. The van der Waals surface area contributed by atoms with Crippen molar-refractivity contribution in [3.05, 3.63) is 52.9 Å². The van der Waals surface area contributed by atoms with E-state index in [0.717, 1.165) is 5.56 Å². The quantitative estimate of drug-likeness (QED) is 0.846. The molecule has 0 aliphatic heterocycles. The second-order valence-corrected chi connectivity index (χ2v) is 6.53. The number of nitrogens with one attached hydrogen (secondary N) is 1. The number of anilines is 1. The fourth-order valence-electron chi connectivity index (χ4n) is 1.48. The van der Waals surface area contributed by atoms with Gasteiger partial charge in [-0.25, -0.2) is 13.4 Å². The van der Waals surface area contributed by atoms with Crippen LogP contribution < -0.4 is 4.72 Å². The summed E-state index contributed by atoms with van der Waals surface area (Å²) in [6.45, 7) is 0. The molecular formula is C12H12BrN3O2S. The van der Waals surface area contributed by atoms with Gasteiger partial charge in [-0.1, -0.05) is 6.07 Å². The second-order valence-electron chi connectivity index (χ2n) is 3.87. The maximum atomic E-state index is 11.9. The fraction of sp³-hybridized carbons (Fsp3) is 0.167. The van der Waals surface area contributed by atoms with Crippen molar-refractivity contribution in [2.24, 2.45) is 0 Å². The van der Waals surface area contributed by atoms with E-state index in [0.29, 0.717) is 16.8 Å². The van der Waals surface area contributed by atoms with Crippen molar-refractivity contribution in [3.8, 4) is 0 Å². The van der Waals surface area contributed by atoms with Gasteiger partial charge < -0.3 is 0 Å². The molecule has 0 aromatic carbocycles. The monoisotopic (exact) mass is 341 g/mol. The molecule has 0 radical (unpaired) electrons. The van der Waals surface area contributed by atoms with Gasteiger partial charge in [0.1, 0.15) is 10.4 Å². The van der Waals surface area contributed by atoms with Gasteiger partial charge in [0.25, 0.3) is 0 Å². The van der Waals surface area contributed by atoms with Crippen LogP contribution in [0.15, 0.2) is 47.3 Å². The molecule has 0 aliphatic carbocycles. The number of aromatic nitrogens is 2. The molecule has 19 heavy (non-hydrogen) atoms. The zero-order chi connectivity index (χ0) is 13.7. The third-order valence-corrected chi connectivity index (χ3v) is 4.09. The smallest absolute Gasteiger partial charge is 0.234 e. The van der Waals surface area contributed by atoms with Gasteiger partial charge in [-0.2, -0.15) is 0 Å². The van der Waals surface area contributed by atoms with Crippen LogP contribution in [0.5, 0.6) is 0 Å². The molecule has 7 heteroatoms. The van der Waals surface area contributed by atoms with Crippen LogP contribution in [0, 0.1) is 0 Å². The summed E-state index contributed by atoms with van der Waals surface area (Å²) in [7, 11) is -3.40. The number of pyridine rings is 2. The van der Waals surface area contributed by atoms with E-state index in [-0.39, 0.29) is 5.75 Å². The van der Waals surface area contributed by atoms with Crippen LogP contribution in [-0.4, -0.2) is 24.1 Å². The normalized spacial score (nSPS) is 11.2. The van der Waals surface area contributed by atoms with E-state index >= 15 is 0 Å². The maximum absolute atomic E-state index is 11.9. The molecule has 0 unspecified atom stereocenters. The highest BCUT2D eigenvalue weighted by Gasteiger charge is 2.11. The number of hydrogen-bond donors (Lipinski definition) is 1. The van der Waals surface area contributed by atoms with Crippen LogP contribution in [0.3, 0.4) is 0 Å². The Hall–Kier alpha value is -1.47. The van der Waals surface area contributed by atoms with E-state index < -0.39 is 10.0 Å². The minimum atomic E-state index is -3.40. The number of nitrogens with zero attached hydrogens (tertiary/aromatic N) is 2. The van der Waals surface area contributed by atoms with Crippen LogP contribution in [0.1, 0.15) is 5.56 Å². The Morgan fingerprint density at radius 1 is 1.16 bits per heavy atom. The average molecular weight is 342 g/mol. The zero-order valence-electron chi connectivity index (χ0n) is 9.95. The van der Waals surface area contributed by atoms with Gasteiger partial charge in [-0.05, 0) is 52.2 Å². The van der Waals surface area contributed by atoms with Gasteiger partial charge in [0.2, 0.25) is 10.0 Å². The summed E-state index contributed by atoms with van der Waals surface area (Å²) in [6.07, 6.45) is 3.72. The molecule has 0 saturated carbocycles. The first-order valence-corrected chi connectivity index (χ1v) is 8.02. The Labute approximate surface area is 120 Å². The minimum absolute atomic E-state index is 0.00517. The lowest BCUT2D eigenvalue weighted by molar-refractivity contribution is 0.600. The van der Waals surface area contributed by atoms with E-state index in [1.165, 1.54) is 0 Å². The molecule has 1 N–H and O–H groups in total. The molecule has 100 valence electrons. The first-order chi connectivity index (χ1) is 9.05. The SMILES string of the molecule is O=S(=O)(CCc1ccncc1)Nc1cccc(Br)n1. The number of aryl methyl sites for hydroxylation is 1. The van der Waals surface area contributed by atoms with Crippen LogP contribution >= 0.6 is 15.9 Å². The number of halogens is 1. The molecule has 0 spiro atoms. The summed E-state index contributed by atoms with van der Waals surface area (Å²) in [5.74, 6) is 0.315. The zero-order valence-corrected chi connectivity index (χ0v) is 12.4. The Morgan fingerprint density at radius 2 is 1.89 bits per heavy atom. The van der Waals surface area contributed by atoms with Gasteiger partial charge in [-0.3, -0.25) is 9.71 Å².